The van der Waals surface area contributed by atoms with E-state index in [0.717, 1.165) is 38.9 Å². The Hall–Kier alpha value is -2.11. The van der Waals surface area contributed by atoms with Crippen molar-refractivity contribution in [2.75, 3.05) is 38.1 Å². The van der Waals surface area contributed by atoms with Gasteiger partial charge in [-0.25, -0.2) is 4.39 Å². The molecule has 1 N–H and O–H groups in total. The molecule has 6 heteroatoms. The van der Waals surface area contributed by atoms with E-state index >= 15 is 0 Å². The second-order valence-corrected chi connectivity index (χ2v) is 8.39. The predicted molar refractivity (Wildman–Crippen MR) is 115 cm³/mol. The van der Waals surface area contributed by atoms with Gasteiger partial charge in [0, 0.05) is 25.8 Å². The molecule has 4 rings (SSSR count). The number of fused-ring (bicyclic) bond motifs is 1. The van der Waals surface area contributed by atoms with Crippen LogP contribution in [0.3, 0.4) is 0 Å². The molecule has 2 aliphatic rings. The summed E-state index contributed by atoms with van der Waals surface area (Å²) in [5, 5.41) is 3.07. The lowest BCUT2D eigenvalue weighted by Crippen LogP contribution is -2.40. The van der Waals surface area contributed by atoms with Crippen molar-refractivity contribution in [1.82, 2.24) is 10.2 Å². The number of carbonyl (C=O) groups is 1. The first-order valence-corrected chi connectivity index (χ1v) is 10.7. The van der Waals surface area contributed by atoms with Crippen LogP contribution < -0.4 is 10.2 Å². The van der Waals surface area contributed by atoms with E-state index in [1.165, 1.54) is 35.4 Å². The third-order valence-electron chi connectivity index (χ3n) is 6.09. The summed E-state index contributed by atoms with van der Waals surface area (Å²) >= 11 is 6.07. The molecule has 2 aromatic rings. The molecular weight excluding hydrogens is 389 g/mol. The molecule has 0 saturated carbocycles. The van der Waals surface area contributed by atoms with Crippen LogP contribution in [0.25, 0.3) is 0 Å². The first kappa shape index (κ1) is 20.2. The average Bonchev–Trinajstić information content (AvgIpc) is 3.09. The van der Waals surface area contributed by atoms with E-state index in [1.807, 2.05) is 0 Å². The quantitative estimate of drug-likeness (QED) is 0.784. The molecule has 0 spiro atoms. The molecule has 1 fully saturated rings. The van der Waals surface area contributed by atoms with E-state index in [4.69, 9.17) is 11.6 Å². The molecule has 1 amide bonds. The highest BCUT2D eigenvalue weighted by Gasteiger charge is 2.26. The Balaban J connectivity index is 1.56. The zero-order valence-electron chi connectivity index (χ0n) is 16.8. The fourth-order valence-electron chi connectivity index (χ4n) is 4.47. The Morgan fingerprint density at radius 3 is 2.72 bits per heavy atom. The van der Waals surface area contributed by atoms with Gasteiger partial charge in [0.2, 0.25) is 0 Å². The number of anilines is 1. The van der Waals surface area contributed by atoms with Crippen molar-refractivity contribution >= 4 is 23.2 Å². The number of likely N-dealkylation sites (tertiary alicyclic amines) is 1. The molecule has 29 heavy (non-hydrogen) atoms. The molecule has 2 heterocycles. The minimum atomic E-state index is -0.593. The Labute approximate surface area is 176 Å². The van der Waals surface area contributed by atoms with Crippen molar-refractivity contribution in [3.8, 4) is 0 Å². The van der Waals surface area contributed by atoms with Crippen molar-refractivity contribution in [1.29, 1.82) is 0 Å². The summed E-state index contributed by atoms with van der Waals surface area (Å²) in [5.74, 6) is -1.05. The van der Waals surface area contributed by atoms with Crippen LogP contribution in [-0.4, -0.2) is 44.0 Å². The molecule has 2 aromatic carbocycles. The fraction of sp³-hybridized carbons (Fsp3) is 0.435. The highest BCUT2D eigenvalue weighted by Crippen LogP contribution is 2.32. The monoisotopic (exact) mass is 415 g/mol. The number of nitrogens with one attached hydrogen (secondary N) is 1. The lowest BCUT2D eigenvalue weighted by molar-refractivity contribution is 0.0920. The molecule has 154 valence electrons. The number of halogens is 2. The maximum Gasteiger partial charge on any atom is 0.255 e. The normalized spacial score (nSPS) is 17.8. The summed E-state index contributed by atoms with van der Waals surface area (Å²) in [7, 11) is 2.12. The summed E-state index contributed by atoms with van der Waals surface area (Å²) in [5.41, 5.74) is 3.77. The van der Waals surface area contributed by atoms with Crippen molar-refractivity contribution in [3.63, 3.8) is 0 Å². The number of carbonyl (C=O) groups excluding carboxylic acids is 1. The SMILES string of the molecule is CN1CCc2cc(C(CNC(=O)c3c(F)cccc3Cl)N3CCCCC3)ccc21. The number of nitrogens with zero attached hydrogens (tertiary/aromatic N) is 2. The van der Waals surface area contributed by atoms with Crippen LogP contribution in [0, 0.1) is 5.82 Å². The van der Waals surface area contributed by atoms with Crippen molar-refractivity contribution in [3.05, 3.63) is 63.9 Å². The van der Waals surface area contributed by atoms with Crippen LogP contribution in [0.15, 0.2) is 36.4 Å². The van der Waals surface area contributed by atoms with Crippen LogP contribution >= 0.6 is 11.6 Å². The Bertz CT molecular complexity index is 877. The summed E-state index contributed by atoms with van der Waals surface area (Å²) < 4.78 is 14.1. The fourth-order valence-corrected chi connectivity index (χ4v) is 4.72. The summed E-state index contributed by atoms with van der Waals surface area (Å²) in [6.07, 6.45) is 4.62. The van der Waals surface area contributed by atoms with E-state index in [0.29, 0.717) is 6.54 Å². The Kier molecular flexibility index (Phi) is 6.07. The highest BCUT2D eigenvalue weighted by molar-refractivity contribution is 6.33. The van der Waals surface area contributed by atoms with Gasteiger partial charge in [-0.1, -0.05) is 36.2 Å². The smallest absolute Gasteiger partial charge is 0.255 e. The topological polar surface area (TPSA) is 35.6 Å². The maximum absolute atomic E-state index is 14.1. The minimum Gasteiger partial charge on any atom is -0.374 e. The number of amides is 1. The number of rotatable bonds is 5. The summed E-state index contributed by atoms with van der Waals surface area (Å²) in [6.45, 7) is 3.49. The second kappa shape index (κ2) is 8.72. The van der Waals surface area contributed by atoms with Gasteiger partial charge in [0.15, 0.2) is 0 Å². The van der Waals surface area contributed by atoms with Gasteiger partial charge >= 0.3 is 0 Å². The van der Waals surface area contributed by atoms with E-state index < -0.39 is 11.7 Å². The highest BCUT2D eigenvalue weighted by atomic mass is 35.5. The van der Waals surface area contributed by atoms with Gasteiger partial charge in [-0.2, -0.15) is 0 Å². The van der Waals surface area contributed by atoms with Gasteiger partial charge in [-0.15, -0.1) is 0 Å². The van der Waals surface area contributed by atoms with Crippen LogP contribution in [-0.2, 0) is 6.42 Å². The Morgan fingerprint density at radius 2 is 1.97 bits per heavy atom. The van der Waals surface area contributed by atoms with Gasteiger partial charge in [0.05, 0.1) is 16.6 Å². The largest absolute Gasteiger partial charge is 0.374 e. The van der Waals surface area contributed by atoms with Gasteiger partial charge in [0.25, 0.3) is 5.91 Å². The number of hydrogen-bond donors (Lipinski definition) is 1. The number of benzene rings is 2. The standard InChI is InChI=1S/C23H27ClFN3O/c1-27-13-10-17-14-16(8-9-20(17)27)21(28-11-3-2-4-12-28)15-26-23(29)22-18(24)6-5-7-19(22)25/h5-9,14,21H,2-4,10-13,15H2,1H3,(H,26,29). The summed E-state index contributed by atoms with van der Waals surface area (Å²) in [6, 6.07) is 11.0. The minimum absolute atomic E-state index is 0.0704. The van der Waals surface area contributed by atoms with Gasteiger partial charge in [-0.05, 0) is 61.7 Å². The van der Waals surface area contributed by atoms with Crippen molar-refractivity contribution in [2.24, 2.45) is 0 Å². The van der Waals surface area contributed by atoms with E-state index in [-0.39, 0.29) is 16.6 Å². The van der Waals surface area contributed by atoms with Crippen LogP contribution in [0.5, 0.6) is 0 Å². The molecule has 0 bridgehead atoms. The van der Waals surface area contributed by atoms with Gasteiger partial charge in [-0.3, -0.25) is 9.69 Å². The average molecular weight is 416 g/mol. The molecule has 1 unspecified atom stereocenters. The molecule has 0 radical (unpaired) electrons. The maximum atomic E-state index is 14.1. The molecule has 0 aromatic heterocycles. The number of likely N-dealkylation sites (N-methyl/N-ethyl adjacent to an activating group) is 1. The second-order valence-electron chi connectivity index (χ2n) is 7.98. The number of piperidine rings is 1. The van der Waals surface area contributed by atoms with Crippen molar-refractivity contribution in [2.45, 2.75) is 31.7 Å². The van der Waals surface area contributed by atoms with Crippen molar-refractivity contribution < 1.29 is 9.18 Å². The van der Waals surface area contributed by atoms with Gasteiger partial charge in [0.1, 0.15) is 5.82 Å². The molecule has 1 atom stereocenters. The van der Waals surface area contributed by atoms with E-state index in [1.54, 1.807) is 6.07 Å². The van der Waals surface area contributed by atoms with Crippen LogP contribution in [0.1, 0.15) is 46.8 Å². The van der Waals surface area contributed by atoms with Gasteiger partial charge < -0.3 is 10.2 Å². The molecule has 4 nitrogen and oxygen atoms in total. The molecule has 0 aliphatic carbocycles. The molecule has 1 saturated heterocycles. The third kappa shape index (κ3) is 4.26. The third-order valence-corrected chi connectivity index (χ3v) is 6.41. The number of hydrogen-bond acceptors (Lipinski definition) is 3. The lowest BCUT2D eigenvalue weighted by Gasteiger charge is -2.35. The molecule has 2 aliphatic heterocycles. The first-order chi connectivity index (χ1) is 14.0. The first-order valence-electron chi connectivity index (χ1n) is 10.3. The summed E-state index contributed by atoms with van der Waals surface area (Å²) in [4.78, 5) is 17.4. The lowest BCUT2D eigenvalue weighted by atomic mass is 9.98. The zero-order valence-corrected chi connectivity index (χ0v) is 17.5. The van der Waals surface area contributed by atoms with E-state index in [9.17, 15) is 9.18 Å². The molecular formula is C23H27ClFN3O. The van der Waals surface area contributed by atoms with Crippen LogP contribution in [0.2, 0.25) is 5.02 Å². The van der Waals surface area contributed by atoms with E-state index in [2.05, 4.69) is 40.4 Å². The Morgan fingerprint density at radius 1 is 1.17 bits per heavy atom. The van der Waals surface area contributed by atoms with Crippen LogP contribution in [0.4, 0.5) is 10.1 Å². The predicted octanol–water partition coefficient (Wildman–Crippen LogP) is 4.43. The zero-order chi connectivity index (χ0) is 20.4.